The van der Waals surface area contributed by atoms with Crippen LogP contribution >= 0.6 is 0 Å². The molecule has 0 spiro atoms. The average molecular weight is 531 g/mol. The second-order valence-electron chi connectivity index (χ2n) is 10.8. The highest BCUT2D eigenvalue weighted by Crippen LogP contribution is 2.52. The topological polar surface area (TPSA) is 49.7 Å². The number of fused-ring (bicyclic) bond motifs is 6. The summed E-state index contributed by atoms with van der Waals surface area (Å²) in [7, 11) is 0. The molecule has 3 heteroatoms. The minimum absolute atomic E-state index is 0.667. The smallest absolute Gasteiger partial charge is 0.141 e. The molecule has 0 amide bonds. The number of benzene rings is 6. The van der Waals surface area contributed by atoms with Gasteiger partial charge in [-0.05, 0) is 57.6 Å². The van der Waals surface area contributed by atoms with E-state index in [1.807, 2.05) is 121 Å². The summed E-state index contributed by atoms with van der Waals surface area (Å²) in [5.74, 6) is 1.33. The molecule has 0 radical (unpaired) electrons. The summed E-state index contributed by atoms with van der Waals surface area (Å²) in [6.07, 6.45) is 0. The minimum atomic E-state index is -1.23. The van der Waals surface area contributed by atoms with Gasteiger partial charge in [-0.15, -0.1) is 0 Å². The minimum Gasteiger partial charge on any atom is -0.457 e. The Morgan fingerprint density at radius 3 is 0.902 bits per heavy atom. The monoisotopic (exact) mass is 530 g/mol. The van der Waals surface area contributed by atoms with Gasteiger partial charge in [-0.1, -0.05) is 121 Å². The van der Waals surface area contributed by atoms with E-state index in [1.54, 1.807) is 0 Å². The van der Waals surface area contributed by atoms with Crippen molar-refractivity contribution in [1.82, 2.24) is 0 Å². The predicted octanol–water partition coefficient (Wildman–Crippen LogP) is 8.01. The molecule has 0 atom stereocenters. The largest absolute Gasteiger partial charge is 0.457 e. The van der Waals surface area contributed by atoms with E-state index in [1.165, 1.54) is 0 Å². The normalized spacial score (nSPS) is 15.0. The zero-order chi connectivity index (χ0) is 27.6. The van der Waals surface area contributed by atoms with Crippen molar-refractivity contribution in [3.8, 4) is 33.8 Å². The molecule has 0 fully saturated rings. The molecule has 0 aliphatic heterocycles. The van der Waals surface area contributed by atoms with Crippen LogP contribution in [0.25, 0.3) is 22.3 Å². The first kappa shape index (κ1) is 23.9. The second kappa shape index (κ2) is 8.77. The fourth-order valence-corrected chi connectivity index (χ4v) is 6.71. The molecule has 6 aromatic carbocycles. The van der Waals surface area contributed by atoms with Crippen LogP contribution in [0, 0.1) is 0 Å². The number of hydrogen-bond acceptors (Lipinski definition) is 3. The van der Waals surface area contributed by atoms with Gasteiger partial charge in [-0.2, -0.15) is 0 Å². The number of hydrogen-bond donors (Lipinski definition) is 2. The summed E-state index contributed by atoms with van der Waals surface area (Å²) < 4.78 is 6.19. The molecule has 8 rings (SSSR count). The Hall–Kier alpha value is -4.96. The maximum atomic E-state index is 12.1. The van der Waals surface area contributed by atoms with Gasteiger partial charge in [-0.25, -0.2) is 0 Å². The van der Waals surface area contributed by atoms with Crippen LogP contribution in [0.2, 0.25) is 0 Å². The van der Waals surface area contributed by atoms with Crippen LogP contribution in [0.3, 0.4) is 0 Å². The van der Waals surface area contributed by atoms with E-state index in [9.17, 15) is 10.2 Å². The molecule has 0 heterocycles. The molecule has 196 valence electrons. The molecule has 6 aromatic rings. The lowest BCUT2D eigenvalue weighted by Crippen LogP contribution is -2.26. The van der Waals surface area contributed by atoms with Crippen molar-refractivity contribution in [2.24, 2.45) is 0 Å². The van der Waals surface area contributed by atoms with Crippen molar-refractivity contribution in [3.63, 3.8) is 0 Å². The third-order valence-electron chi connectivity index (χ3n) is 8.63. The lowest BCUT2D eigenvalue weighted by atomic mass is 9.84. The van der Waals surface area contributed by atoms with Crippen LogP contribution in [0.1, 0.15) is 33.4 Å². The Morgan fingerprint density at radius 2 is 0.610 bits per heavy atom. The van der Waals surface area contributed by atoms with Gasteiger partial charge in [0, 0.05) is 22.3 Å². The Balaban J connectivity index is 1.09. The fraction of sp³-hybridized carbons (Fsp3) is 0.0526. The predicted molar refractivity (Wildman–Crippen MR) is 161 cm³/mol. The molecular formula is C38H26O3. The molecule has 2 aliphatic rings. The maximum Gasteiger partial charge on any atom is 0.141 e. The van der Waals surface area contributed by atoms with Gasteiger partial charge < -0.3 is 14.9 Å². The Kier molecular flexibility index (Phi) is 5.11. The van der Waals surface area contributed by atoms with Crippen LogP contribution in [0.4, 0.5) is 0 Å². The lowest BCUT2D eigenvalue weighted by Gasteiger charge is -2.27. The van der Waals surface area contributed by atoms with E-state index in [2.05, 4.69) is 24.3 Å². The molecule has 0 saturated carbocycles. The van der Waals surface area contributed by atoms with Gasteiger partial charge in [-0.3, -0.25) is 0 Å². The highest BCUT2D eigenvalue weighted by atomic mass is 16.5. The van der Waals surface area contributed by atoms with Gasteiger partial charge in [0.05, 0.1) is 0 Å². The van der Waals surface area contributed by atoms with Gasteiger partial charge >= 0.3 is 0 Å². The van der Waals surface area contributed by atoms with Crippen LogP contribution in [-0.4, -0.2) is 10.2 Å². The first-order valence-corrected chi connectivity index (χ1v) is 13.8. The Morgan fingerprint density at radius 1 is 0.341 bits per heavy atom. The number of ether oxygens (including phenoxy) is 1. The Labute approximate surface area is 238 Å². The van der Waals surface area contributed by atoms with Gasteiger partial charge in [0.2, 0.25) is 0 Å². The molecule has 0 aromatic heterocycles. The molecule has 3 nitrogen and oxygen atoms in total. The molecule has 41 heavy (non-hydrogen) atoms. The molecule has 0 unspecified atom stereocenters. The zero-order valence-corrected chi connectivity index (χ0v) is 22.2. The van der Waals surface area contributed by atoms with E-state index in [0.717, 1.165) is 55.6 Å². The van der Waals surface area contributed by atoms with Crippen LogP contribution in [0.5, 0.6) is 11.5 Å². The van der Waals surface area contributed by atoms with Crippen molar-refractivity contribution in [2.75, 3.05) is 0 Å². The summed E-state index contributed by atoms with van der Waals surface area (Å²) in [4.78, 5) is 0. The third-order valence-corrected chi connectivity index (χ3v) is 8.63. The quantitative estimate of drug-likeness (QED) is 0.243. The standard InChI is InChI=1S/C38H26O3/c39-37(33-13-5-1-9-29(33)30-10-2-6-14-34(30)37)25-17-21-27(22-18-25)41-28-23-19-26(20-24-28)38(40)35-15-7-3-11-31(35)32-12-4-8-16-36(32)38/h1-24,39-40H. The lowest BCUT2D eigenvalue weighted by molar-refractivity contribution is 0.130. The van der Waals surface area contributed by atoms with Gasteiger partial charge in [0.25, 0.3) is 0 Å². The summed E-state index contributed by atoms with van der Waals surface area (Å²) in [6.45, 7) is 0. The van der Waals surface area contributed by atoms with Gasteiger partial charge in [0.1, 0.15) is 22.7 Å². The third kappa shape index (κ3) is 3.34. The van der Waals surface area contributed by atoms with Crippen LogP contribution in [-0.2, 0) is 11.2 Å². The average Bonchev–Trinajstić information content (AvgIpc) is 3.46. The fourth-order valence-electron chi connectivity index (χ4n) is 6.71. The molecule has 0 saturated heterocycles. The maximum absolute atomic E-state index is 12.1. The van der Waals surface area contributed by atoms with Crippen LogP contribution < -0.4 is 4.74 Å². The highest BCUT2D eigenvalue weighted by molar-refractivity contribution is 5.83. The summed E-state index contributed by atoms with van der Waals surface area (Å²) in [6, 6.07) is 47.4. The highest BCUT2D eigenvalue weighted by Gasteiger charge is 2.44. The van der Waals surface area contributed by atoms with Crippen molar-refractivity contribution < 1.29 is 14.9 Å². The van der Waals surface area contributed by atoms with Crippen molar-refractivity contribution in [3.05, 3.63) is 179 Å². The molecular weight excluding hydrogens is 504 g/mol. The zero-order valence-electron chi connectivity index (χ0n) is 22.2. The van der Waals surface area contributed by atoms with E-state index in [-0.39, 0.29) is 0 Å². The first-order valence-electron chi connectivity index (χ1n) is 13.8. The second-order valence-corrected chi connectivity index (χ2v) is 10.8. The summed E-state index contributed by atoms with van der Waals surface area (Å²) >= 11 is 0. The van der Waals surface area contributed by atoms with Crippen molar-refractivity contribution in [2.45, 2.75) is 11.2 Å². The summed E-state index contributed by atoms with van der Waals surface area (Å²) in [5.41, 5.74) is 6.90. The molecule has 2 aliphatic carbocycles. The van der Waals surface area contributed by atoms with E-state index >= 15 is 0 Å². The van der Waals surface area contributed by atoms with E-state index in [4.69, 9.17) is 4.74 Å². The van der Waals surface area contributed by atoms with E-state index < -0.39 is 11.2 Å². The molecule has 0 bridgehead atoms. The van der Waals surface area contributed by atoms with Crippen LogP contribution in [0.15, 0.2) is 146 Å². The number of rotatable bonds is 4. The SMILES string of the molecule is OC1(c2ccc(Oc3ccc(C4(O)c5ccccc5-c5ccccc54)cc3)cc2)c2ccccc2-c2ccccc21. The van der Waals surface area contributed by atoms with Crippen molar-refractivity contribution in [1.29, 1.82) is 0 Å². The van der Waals surface area contributed by atoms with Crippen molar-refractivity contribution >= 4 is 0 Å². The summed E-state index contributed by atoms with van der Waals surface area (Å²) in [5, 5.41) is 24.2. The first-order chi connectivity index (χ1) is 20.1. The number of aliphatic hydroxyl groups is 2. The Bertz CT molecular complexity index is 1700. The van der Waals surface area contributed by atoms with E-state index in [0.29, 0.717) is 11.5 Å². The molecule has 2 N–H and O–H groups in total. The van der Waals surface area contributed by atoms with Gasteiger partial charge in [0.15, 0.2) is 0 Å².